The maximum atomic E-state index is 14.7. The molecule has 2 aliphatic heterocycles. The molecule has 2 aromatic rings. The van der Waals surface area contributed by atoms with E-state index in [0.29, 0.717) is 6.07 Å². The van der Waals surface area contributed by atoms with E-state index in [0.717, 1.165) is 24.4 Å². The van der Waals surface area contributed by atoms with Crippen LogP contribution in [0.4, 0.5) is 17.6 Å². The van der Waals surface area contributed by atoms with Gasteiger partial charge in [-0.15, -0.1) is 0 Å². The van der Waals surface area contributed by atoms with Crippen LogP contribution in [0.15, 0.2) is 41.7 Å². The predicted octanol–water partition coefficient (Wildman–Crippen LogP) is 2.94. The number of amidine groups is 1. The Bertz CT molecular complexity index is 1090. The lowest BCUT2D eigenvalue weighted by Gasteiger charge is -2.38. The van der Waals surface area contributed by atoms with Crippen LogP contribution in [0.3, 0.4) is 0 Å². The summed E-state index contributed by atoms with van der Waals surface area (Å²) >= 11 is 0. The minimum absolute atomic E-state index is 0.0941. The van der Waals surface area contributed by atoms with Crippen LogP contribution in [0, 0.1) is 17.6 Å². The van der Waals surface area contributed by atoms with Crippen LogP contribution in [0.2, 0.25) is 0 Å². The molecule has 11 heteroatoms. The lowest BCUT2D eigenvalue weighted by molar-refractivity contribution is -0.150. The van der Waals surface area contributed by atoms with Gasteiger partial charge >= 0.3 is 5.97 Å². The van der Waals surface area contributed by atoms with Crippen molar-refractivity contribution in [2.45, 2.75) is 31.2 Å². The highest BCUT2D eigenvalue weighted by atomic mass is 19.3. The molecule has 0 unspecified atom stereocenters. The summed E-state index contributed by atoms with van der Waals surface area (Å²) in [6.07, 6.45) is 0.581. The molecule has 168 valence electrons. The molecule has 1 fully saturated rings. The Hall–Kier alpha value is -3.50. The number of halogens is 4. The summed E-state index contributed by atoms with van der Waals surface area (Å²) in [5.74, 6) is -7.39. The number of fused-ring (bicyclic) bond motifs is 2. The van der Waals surface area contributed by atoms with Gasteiger partial charge in [-0.25, -0.2) is 27.3 Å². The third kappa shape index (κ3) is 4.14. The highest BCUT2D eigenvalue weighted by molar-refractivity contribution is 5.97. The Morgan fingerprint density at radius 2 is 1.94 bits per heavy atom. The minimum atomic E-state index is -3.39. The molecule has 32 heavy (non-hydrogen) atoms. The molecule has 2 atom stereocenters. The third-order valence-corrected chi connectivity index (χ3v) is 5.62. The van der Waals surface area contributed by atoms with Crippen molar-refractivity contribution in [1.29, 1.82) is 0 Å². The van der Waals surface area contributed by atoms with Gasteiger partial charge in [0, 0.05) is 30.1 Å². The molecule has 0 saturated carbocycles. The standard InChI is InChI=1S/C21H18F4N4O3/c22-12-2-5-15-16(7-12)21(24,25)8-14-4-1-11(10-29(14)19(15)30)20(31)32-28-18(26)17-6-3-13(23)9-27-17/h2-3,5-7,9,11,14H,1,4,8,10H2,(H2,26,28)/t11-,14+/m0/s1. The van der Waals surface area contributed by atoms with Gasteiger partial charge in [0.15, 0.2) is 5.84 Å². The van der Waals surface area contributed by atoms with E-state index in [1.54, 1.807) is 0 Å². The number of oxime groups is 1. The summed E-state index contributed by atoms with van der Waals surface area (Å²) in [5.41, 5.74) is 4.82. The molecule has 1 aromatic carbocycles. The molecule has 1 aromatic heterocycles. The molecule has 0 aliphatic carbocycles. The van der Waals surface area contributed by atoms with Gasteiger partial charge in [0.2, 0.25) is 0 Å². The van der Waals surface area contributed by atoms with Crippen molar-refractivity contribution < 1.29 is 32.0 Å². The van der Waals surface area contributed by atoms with E-state index in [-0.39, 0.29) is 36.5 Å². The first kappa shape index (κ1) is 21.7. The lowest BCUT2D eigenvalue weighted by atomic mass is 9.90. The molecule has 0 spiro atoms. The van der Waals surface area contributed by atoms with E-state index < -0.39 is 53.4 Å². The van der Waals surface area contributed by atoms with Crippen molar-refractivity contribution in [3.05, 3.63) is 65.0 Å². The second kappa shape index (κ2) is 8.21. The van der Waals surface area contributed by atoms with Gasteiger partial charge in [-0.05, 0) is 43.2 Å². The van der Waals surface area contributed by atoms with E-state index in [1.807, 2.05) is 0 Å². The first-order valence-corrected chi connectivity index (χ1v) is 9.81. The fourth-order valence-corrected chi connectivity index (χ4v) is 3.99. The van der Waals surface area contributed by atoms with Crippen LogP contribution in [-0.4, -0.2) is 40.2 Å². The summed E-state index contributed by atoms with van der Waals surface area (Å²) in [7, 11) is 0. The predicted molar refractivity (Wildman–Crippen MR) is 103 cm³/mol. The van der Waals surface area contributed by atoms with E-state index >= 15 is 0 Å². The number of benzene rings is 1. The Morgan fingerprint density at radius 1 is 1.19 bits per heavy atom. The van der Waals surface area contributed by atoms with Gasteiger partial charge in [-0.1, -0.05) is 5.16 Å². The number of aromatic nitrogens is 1. The van der Waals surface area contributed by atoms with Crippen molar-refractivity contribution in [2.75, 3.05) is 6.54 Å². The van der Waals surface area contributed by atoms with Crippen LogP contribution in [0.5, 0.6) is 0 Å². The van der Waals surface area contributed by atoms with Crippen LogP contribution in [0.1, 0.15) is 40.9 Å². The molecule has 2 N–H and O–H groups in total. The topological polar surface area (TPSA) is 97.9 Å². The van der Waals surface area contributed by atoms with Gasteiger partial charge in [0.05, 0.1) is 12.1 Å². The van der Waals surface area contributed by atoms with Gasteiger partial charge in [0.25, 0.3) is 11.8 Å². The fourth-order valence-electron chi connectivity index (χ4n) is 3.99. The SMILES string of the molecule is NC(=NOC(=O)[C@H]1CC[C@@H]2CC(F)(F)c3cc(F)ccc3C(=O)N2C1)c1ccc(F)cn1. The molecule has 0 radical (unpaired) electrons. The van der Waals surface area contributed by atoms with Crippen molar-refractivity contribution in [3.63, 3.8) is 0 Å². The van der Waals surface area contributed by atoms with Crippen molar-refractivity contribution in [2.24, 2.45) is 16.8 Å². The second-order valence-corrected chi connectivity index (χ2v) is 7.73. The zero-order chi connectivity index (χ0) is 23.0. The number of alkyl halides is 2. The van der Waals surface area contributed by atoms with Crippen LogP contribution in [-0.2, 0) is 15.6 Å². The van der Waals surface area contributed by atoms with Gasteiger partial charge in [-0.3, -0.25) is 4.79 Å². The van der Waals surface area contributed by atoms with Crippen LogP contribution in [0.25, 0.3) is 0 Å². The number of hydrogen-bond acceptors (Lipinski definition) is 5. The molecule has 1 amide bonds. The maximum absolute atomic E-state index is 14.7. The van der Waals surface area contributed by atoms with Crippen molar-refractivity contribution in [1.82, 2.24) is 9.88 Å². The quantitative estimate of drug-likeness (QED) is 0.255. The Kier molecular flexibility index (Phi) is 5.57. The number of rotatable bonds is 3. The molecule has 2 aliphatic rings. The zero-order valence-corrected chi connectivity index (χ0v) is 16.6. The number of nitrogens with zero attached hydrogens (tertiary/aromatic N) is 3. The normalized spacial score (nSPS) is 22.6. The fraction of sp³-hybridized carbons (Fsp3) is 0.333. The number of amides is 1. The summed E-state index contributed by atoms with van der Waals surface area (Å²) in [6.45, 7) is -0.153. The minimum Gasteiger partial charge on any atom is -0.379 e. The van der Waals surface area contributed by atoms with Gasteiger partial charge < -0.3 is 15.5 Å². The van der Waals surface area contributed by atoms with E-state index in [1.165, 1.54) is 11.0 Å². The highest BCUT2D eigenvalue weighted by Gasteiger charge is 2.47. The monoisotopic (exact) mass is 450 g/mol. The average Bonchev–Trinajstić information content (AvgIpc) is 2.84. The first-order chi connectivity index (χ1) is 15.2. The van der Waals surface area contributed by atoms with E-state index in [2.05, 4.69) is 10.1 Å². The molecule has 0 bridgehead atoms. The number of carbonyl (C=O) groups excluding carboxylic acids is 2. The van der Waals surface area contributed by atoms with Crippen LogP contribution >= 0.6 is 0 Å². The highest BCUT2D eigenvalue weighted by Crippen LogP contribution is 2.42. The Labute approximate surface area is 179 Å². The average molecular weight is 450 g/mol. The largest absolute Gasteiger partial charge is 0.379 e. The molecule has 7 nitrogen and oxygen atoms in total. The molecular weight excluding hydrogens is 432 g/mol. The molecular formula is C21H18F4N4O3. The zero-order valence-electron chi connectivity index (χ0n) is 16.6. The van der Waals surface area contributed by atoms with E-state index in [4.69, 9.17) is 10.6 Å². The second-order valence-electron chi connectivity index (χ2n) is 7.73. The summed E-state index contributed by atoms with van der Waals surface area (Å²) in [5, 5.41) is 3.50. The number of hydrogen-bond donors (Lipinski definition) is 1. The number of carbonyl (C=O) groups is 2. The Balaban J connectivity index is 1.50. The molecule has 4 rings (SSSR count). The van der Waals surface area contributed by atoms with Gasteiger partial charge in [0.1, 0.15) is 17.3 Å². The van der Waals surface area contributed by atoms with E-state index in [9.17, 15) is 27.2 Å². The lowest BCUT2D eigenvalue weighted by Crippen LogP contribution is -2.48. The smallest absolute Gasteiger partial charge is 0.339 e. The van der Waals surface area contributed by atoms with Gasteiger partial charge in [-0.2, -0.15) is 0 Å². The molecule has 3 heterocycles. The van der Waals surface area contributed by atoms with Crippen LogP contribution < -0.4 is 5.73 Å². The summed E-state index contributed by atoms with van der Waals surface area (Å²) < 4.78 is 56.0. The summed E-state index contributed by atoms with van der Waals surface area (Å²) in [6, 6.07) is 4.21. The molecule has 1 saturated heterocycles. The third-order valence-electron chi connectivity index (χ3n) is 5.62. The van der Waals surface area contributed by atoms with Crippen molar-refractivity contribution in [3.8, 4) is 0 Å². The number of piperidine rings is 1. The Morgan fingerprint density at radius 3 is 2.66 bits per heavy atom. The maximum Gasteiger partial charge on any atom is 0.339 e. The first-order valence-electron chi connectivity index (χ1n) is 9.81. The van der Waals surface area contributed by atoms with Crippen molar-refractivity contribution >= 4 is 17.7 Å². The number of pyridine rings is 1. The summed E-state index contributed by atoms with van der Waals surface area (Å²) in [4.78, 5) is 35.2. The number of nitrogens with two attached hydrogens (primary N) is 1.